The lowest BCUT2D eigenvalue weighted by Gasteiger charge is -2.24. The van der Waals surface area contributed by atoms with E-state index in [1.54, 1.807) is 6.26 Å². The quantitative estimate of drug-likeness (QED) is 0.614. The average Bonchev–Trinajstić information content (AvgIpc) is 2.45. The van der Waals surface area contributed by atoms with Crippen LogP contribution in [-0.2, 0) is 6.42 Å². The number of aryl methyl sites for hydroxylation is 1. The zero-order valence-electron chi connectivity index (χ0n) is 6.71. The standard InChI is InChI=1S/C9H13NO/c1-6-2-3-7-4-11-5-8(7)9(6)10/h4-6,9H,2-3,10H2,1H3. The van der Waals surface area contributed by atoms with Crippen LogP contribution in [0.2, 0.25) is 0 Å². The van der Waals surface area contributed by atoms with Gasteiger partial charge >= 0.3 is 0 Å². The van der Waals surface area contributed by atoms with Gasteiger partial charge in [-0.1, -0.05) is 6.92 Å². The smallest absolute Gasteiger partial charge is 0.0953 e. The third-order valence-electron chi connectivity index (χ3n) is 2.62. The third-order valence-corrected chi connectivity index (χ3v) is 2.62. The largest absolute Gasteiger partial charge is 0.472 e. The molecule has 2 rings (SSSR count). The van der Waals surface area contributed by atoms with E-state index >= 15 is 0 Å². The van der Waals surface area contributed by atoms with E-state index in [1.807, 2.05) is 6.26 Å². The first-order chi connectivity index (χ1) is 5.29. The Morgan fingerprint density at radius 3 is 3.18 bits per heavy atom. The summed E-state index contributed by atoms with van der Waals surface area (Å²) in [4.78, 5) is 0. The number of hydrogen-bond acceptors (Lipinski definition) is 2. The minimum absolute atomic E-state index is 0.192. The molecule has 1 aliphatic rings. The number of hydrogen-bond donors (Lipinski definition) is 1. The SMILES string of the molecule is CC1CCc2cocc2C1N. The van der Waals surface area contributed by atoms with Crippen LogP contribution in [0.3, 0.4) is 0 Å². The van der Waals surface area contributed by atoms with Gasteiger partial charge in [0, 0.05) is 11.6 Å². The number of rotatable bonds is 0. The molecule has 1 aromatic rings. The molecule has 2 atom stereocenters. The molecule has 2 unspecified atom stereocenters. The van der Waals surface area contributed by atoms with Gasteiger partial charge in [0.05, 0.1) is 12.5 Å². The molecule has 11 heavy (non-hydrogen) atoms. The van der Waals surface area contributed by atoms with Gasteiger partial charge in [-0.25, -0.2) is 0 Å². The number of nitrogens with two attached hydrogens (primary N) is 1. The molecular formula is C9H13NO. The van der Waals surface area contributed by atoms with Crippen molar-refractivity contribution in [2.75, 3.05) is 0 Å². The number of fused-ring (bicyclic) bond motifs is 1. The van der Waals surface area contributed by atoms with E-state index in [4.69, 9.17) is 10.2 Å². The molecule has 0 amide bonds. The van der Waals surface area contributed by atoms with Gasteiger partial charge in [-0.3, -0.25) is 0 Å². The first-order valence-corrected chi connectivity index (χ1v) is 4.09. The van der Waals surface area contributed by atoms with E-state index in [2.05, 4.69) is 6.92 Å². The summed E-state index contributed by atoms with van der Waals surface area (Å²) in [5, 5.41) is 0. The Morgan fingerprint density at radius 2 is 2.36 bits per heavy atom. The minimum atomic E-state index is 0.192. The predicted molar refractivity (Wildman–Crippen MR) is 43.1 cm³/mol. The van der Waals surface area contributed by atoms with E-state index < -0.39 is 0 Å². The predicted octanol–water partition coefficient (Wildman–Crippen LogP) is 1.86. The van der Waals surface area contributed by atoms with Gasteiger partial charge in [-0.15, -0.1) is 0 Å². The van der Waals surface area contributed by atoms with E-state index in [0.29, 0.717) is 5.92 Å². The lowest BCUT2D eigenvalue weighted by Crippen LogP contribution is -2.23. The molecule has 2 N–H and O–H groups in total. The monoisotopic (exact) mass is 151 g/mol. The maximum absolute atomic E-state index is 5.97. The molecule has 0 aliphatic heterocycles. The molecule has 0 fully saturated rings. The van der Waals surface area contributed by atoms with Gasteiger partial charge in [0.2, 0.25) is 0 Å². The molecule has 1 aromatic heterocycles. The van der Waals surface area contributed by atoms with Gasteiger partial charge < -0.3 is 10.2 Å². The highest BCUT2D eigenvalue weighted by Crippen LogP contribution is 2.32. The van der Waals surface area contributed by atoms with Crippen molar-refractivity contribution in [1.82, 2.24) is 0 Å². The normalized spacial score (nSPS) is 30.0. The zero-order valence-corrected chi connectivity index (χ0v) is 6.71. The van der Waals surface area contributed by atoms with Crippen LogP contribution in [0, 0.1) is 5.92 Å². The fraction of sp³-hybridized carbons (Fsp3) is 0.556. The van der Waals surface area contributed by atoms with Crippen LogP contribution in [0.1, 0.15) is 30.5 Å². The highest BCUT2D eigenvalue weighted by molar-refractivity contribution is 5.27. The van der Waals surface area contributed by atoms with Crippen molar-refractivity contribution in [3.8, 4) is 0 Å². The second-order valence-electron chi connectivity index (χ2n) is 3.39. The Bertz CT molecular complexity index is 254. The fourth-order valence-electron chi connectivity index (χ4n) is 1.70. The summed E-state index contributed by atoms with van der Waals surface area (Å²) in [6.45, 7) is 2.20. The molecule has 0 saturated carbocycles. The molecule has 1 aliphatic carbocycles. The zero-order chi connectivity index (χ0) is 7.84. The summed E-state index contributed by atoms with van der Waals surface area (Å²) in [5.41, 5.74) is 8.49. The van der Waals surface area contributed by atoms with Crippen LogP contribution >= 0.6 is 0 Å². The molecule has 0 saturated heterocycles. The average molecular weight is 151 g/mol. The molecule has 0 radical (unpaired) electrons. The molecule has 2 nitrogen and oxygen atoms in total. The van der Waals surface area contributed by atoms with Gasteiger partial charge in [-0.2, -0.15) is 0 Å². The van der Waals surface area contributed by atoms with Gasteiger partial charge in [0.15, 0.2) is 0 Å². The second-order valence-corrected chi connectivity index (χ2v) is 3.39. The van der Waals surface area contributed by atoms with Crippen LogP contribution in [-0.4, -0.2) is 0 Å². The van der Waals surface area contributed by atoms with Crippen molar-refractivity contribution in [2.24, 2.45) is 11.7 Å². The van der Waals surface area contributed by atoms with Gasteiger partial charge in [0.1, 0.15) is 0 Å². The maximum Gasteiger partial charge on any atom is 0.0953 e. The highest BCUT2D eigenvalue weighted by Gasteiger charge is 2.24. The maximum atomic E-state index is 5.97. The molecule has 1 heterocycles. The Balaban J connectivity index is 2.38. The second kappa shape index (κ2) is 2.38. The Kier molecular flexibility index (Phi) is 1.50. The lowest BCUT2D eigenvalue weighted by molar-refractivity contribution is 0.413. The molecule has 0 aromatic carbocycles. The van der Waals surface area contributed by atoms with Crippen molar-refractivity contribution in [3.63, 3.8) is 0 Å². The summed E-state index contributed by atoms with van der Waals surface area (Å²) in [6.07, 6.45) is 5.92. The van der Waals surface area contributed by atoms with Crippen LogP contribution in [0.5, 0.6) is 0 Å². The minimum Gasteiger partial charge on any atom is -0.472 e. The van der Waals surface area contributed by atoms with Crippen molar-refractivity contribution in [2.45, 2.75) is 25.8 Å². The van der Waals surface area contributed by atoms with Gasteiger partial charge in [-0.05, 0) is 24.3 Å². The van der Waals surface area contributed by atoms with Gasteiger partial charge in [0.25, 0.3) is 0 Å². The summed E-state index contributed by atoms with van der Waals surface area (Å²) in [7, 11) is 0. The third kappa shape index (κ3) is 0.979. The van der Waals surface area contributed by atoms with E-state index in [1.165, 1.54) is 17.5 Å². The van der Waals surface area contributed by atoms with Crippen molar-refractivity contribution in [1.29, 1.82) is 0 Å². The van der Waals surface area contributed by atoms with Crippen molar-refractivity contribution >= 4 is 0 Å². The molecule has 60 valence electrons. The Morgan fingerprint density at radius 1 is 1.55 bits per heavy atom. The fourth-order valence-corrected chi connectivity index (χ4v) is 1.70. The Labute approximate surface area is 66.4 Å². The van der Waals surface area contributed by atoms with Crippen LogP contribution in [0.4, 0.5) is 0 Å². The van der Waals surface area contributed by atoms with Crippen molar-refractivity contribution in [3.05, 3.63) is 23.7 Å². The van der Waals surface area contributed by atoms with E-state index in [0.717, 1.165) is 6.42 Å². The summed E-state index contributed by atoms with van der Waals surface area (Å²) < 4.78 is 5.11. The highest BCUT2D eigenvalue weighted by atomic mass is 16.3. The molecule has 0 bridgehead atoms. The topological polar surface area (TPSA) is 39.2 Å². The van der Waals surface area contributed by atoms with E-state index in [-0.39, 0.29) is 6.04 Å². The first-order valence-electron chi connectivity index (χ1n) is 4.09. The summed E-state index contributed by atoms with van der Waals surface area (Å²) in [5.74, 6) is 0.597. The molecule has 0 spiro atoms. The number of furan rings is 1. The molecular weight excluding hydrogens is 138 g/mol. The van der Waals surface area contributed by atoms with Crippen molar-refractivity contribution < 1.29 is 4.42 Å². The van der Waals surface area contributed by atoms with Crippen LogP contribution in [0.25, 0.3) is 0 Å². The lowest BCUT2D eigenvalue weighted by atomic mass is 9.84. The van der Waals surface area contributed by atoms with Crippen LogP contribution in [0.15, 0.2) is 16.9 Å². The Hall–Kier alpha value is -0.760. The van der Waals surface area contributed by atoms with E-state index in [9.17, 15) is 0 Å². The summed E-state index contributed by atoms with van der Waals surface area (Å²) >= 11 is 0. The van der Waals surface area contributed by atoms with Crippen LogP contribution < -0.4 is 5.73 Å². The first kappa shape index (κ1) is 6.92. The summed E-state index contributed by atoms with van der Waals surface area (Å²) in [6, 6.07) is 0.192. The molecule has 2 heteroatoms.